The molecule has 1 saturated heterocycles. The summed E-state index contributed by atoms with van der Waals surface area (Å²) in [7, 11) is 0.518. The van der Waals surface area contributed by atoms with Gasteiger partial charge >= 0.3 is 5.97 Å². The van der Waals surface area contributed by atoms with Crippen LogP contribution in [0.1, 0.15) is 10.4 Å². The molecular formula is C22H26N2O9S. The minimum Gasteiger partial charge on any atom is -0.496 e. The monoisotopic (exact) mass is 494 g/mol. The molecule has 1 fully saturated rings. The Kier molecular flexibility index (Phi) is 8.31. The number of morpholine rings is 1. The Morgan fingerprint density at radius 1 is 0.971 bits per heavy atom. The van der Waals surface area contributed by atoms with Gasteiger partial charge in [-0.1, -0.05) is 6.07 Å². The lowest BCUT2D eigenvalue weighted by atomic mass is 10.1. The van der Waals surface area contributed by atoms with Crippen LogP contribution < -0.4 is 19.5 Å². The lowest BCUT2D eigenvalue weighted by Crippen LogP contribution is -2.40. The number of esters is 1. The van der Waals surface area contributed by atoms with Gasteiger partial charge in [-0.2, -0.15) is 4.31 Å². The molecule has 0 saturated carbocycles. The van der Waals surface area contributed by atoms with Gasteiger partial charge in [-0.3, -0.25) is 4.79 Å². The number of methoxy groups -OCH3 is 3. The second-order valence-electron chi connectivity index (χ2n) is 7.08. The van der Waals surface area contributed by atoms with Crippen LogP contribution in [-0.2, 0) is 24.3 Å². The maximum atomic E-state index is 12.8. The Morgan fingerprint density at radius 3 is 2.26 bits per heavy atom. The summed E-state index contributed by atoms with van der Waals surface area (Å²) in [5.41, 5.74) is 0.297. The van der Waals surface area contributed by atoms with Gasteiger partial charge in [0.25, 0.3) is 5.91 Å². The second kappa shape index (κ2) is 11.2. The van der Waals surface area contributed by atoms with Crippen molar-refractivity contribution in [3.05, 3.63) is 42.0 Å². The summed E-state index contributed by atoms with van der Waals surface area (Å²) in [6, 6.07) is 8.71. The zero-order valence-electron chi connectivity index (χ0n) is 19.0. The lowest BCUT2D eigenvalue weighted by Gasteiger charge is -2.26. The van der Waals surface area contributed by atoms with Gasteiger partial charge in [0, 0.05) is 30.9 Å². The molecule has 2 aromatic rings. The van der Waals surface area contributed by atoms with E-state index in [0.29, 0.717) is 19.0 Å². The number of ether oxygens (including phenoxy) is 5. The Labute approximate surface area is 197 Å². The second-order valence-corrected chi connectivity index (χ2v) is 9.01. The first-order valence-electron chi connectivity index (χ1n) is 10.2. The summed E-state index contributed by atoms with van der Waals surface area (Å²) in [5.74, 6) is -0.618. The van der Waals surface area contributed by atoms with E-state index < -0.39 is 28.5 Å². The highest BCUT2D eigenvalue weighted by molar-refractivity contribution is 7.89. The number of hydrogen-bond donors (Lipinski definition) is 1. The van der Waals surface area contributed by atoms with Crippen molar-refractivity contribution in [3.8, 4) is 17.2 Å². The third kappa shape index (κ3) is 5.76. The van der Waals surface area contributed by atoms with Crippen molar-refractivity contribution in [3.63, 3.8) is 0 Å². The Morgan fingerprint density at radius 2 is 1.62 bits per heavy atom. The Bertz CT molecular complexity index is 1150. The fraction of sp³-hybridized carbons (Fsp3) is 0.364. The highest BCUT2D eigenvalue weighted by atomic mass is 32.2. The van der Waals surface area contributed by atoms with Gasteiger partial charge in [0.2, 0.25) is 10.0 Å². The van der Waals surface area contributed by atoms with Crippen molar-refractivity contribution in [1.29, 1.82) is 0 Å². The van der Waals surface area contributed by atoms with Gasteiger partial charge in [0.1, 0.15) is 11.3 Å². The van der Waals surface area contributed by atoms with E-state index in [1.807, 2.05) is 0 Å². The molecule has 1 amide bonds. The number of benzene rings is 2. The van der Waals surface area contributed by atoms with E-state index >= 15 is 0 Å². The zero-order chi connectivity index (χ0) is 24.7. The molecule has 12 heteroatoms. The van der Waals surface area contributed by atoms with Crippen molar-refractivity contribution in [2.75, 3.05) is 59.6 Å². The molecular weight excluding hydrogens is 468 g/mol. The maximum absolute atomic E-state index is 12.8. The number of amides is 1. The van der Waals surface area contributed by atoms with Crippen LogP contribution >= 0.6 is 0 Å². The largest absolute Gasteiger partial charge is 0.496 e. The third-order valence-electron chi connectivity index (χ3n) is 4.99. The summed E-state index contributed by atoms with van der Waals surface area (Å²) >= 11 is 0. The van der Waals surface area contributed by atoms with Crippen molar-refractivity contribution < 1.29 is 41.7 Å². The standard InChI is InChI=1S/C22H26N2O9S/c1-29-18-13-20(31-3)19(30-2)12-17(18)22(26)33-14-21(25)23-15-5-4-6-16(11-15)34(27,28)24-7-9-32-10-8-24/h4-6,11-13H,7-10,14H2,1-3H3,(H,23,25). The molecule has 1 aliphatic rings. The van der Waals surface area contributed by atoms with Crippen LogP contribution in [0.5, 0.6) is 17.2 Å². The normalized spacial score (nSPS) is 14.2. The molecule has 0 aromatic heterocycles. The van der Waals surface area contributed by atoms with Gasteiger partial charge in [0.05, 0.1) is 39.4 Å². The molecule has 0 spiro atoms. The summed E-state index contributed by atoms with van der Waals surface area (Å²) in [6.45, 7) is 0.567. The molecule has 0 unspecified atom stereocenters. The number of nitrogens with zero attached hydrogens (tertiary/aromatic N) is 1. The summed E-state index contributed by atoms with van der Waals surface area (Å²) in [5, 5.41) is 2.53. The first-order valence-corrected chi connectivity index (χ1v) is 11.7. The molecule has 3 rings (SSSR count). The van der Waals surface area contributed by atoms with Crippen LogP contribution in [0.4, 0.5) is 5.69 Å². The van der Waals surface area contributed by atoms with E-state index in [1.165, 1.54) is 62.0 Å². The molecule has 1 aliphatic heterocycles. The van der Waals surface area contributed by atoms with E-state index in [9.17, 15) is 18.0 Å². The van der Waals surface area contributed by atoms with E-state index in [4.69, 9.17) is 23.7 Å². The van der Waals surface area contributed by atoms with E-state index in [-0.39, 0.29) is 40.7 Å². The number of rotatable bonds is 9. The van der Waals surface area contributed by atoms with Crippen LogP contribution in [-0.4, -0.2) is 78.8 Å². The topological polar surface area (TPSA) is 130 Å². The summed E-state index contributed by atoms with van der Waals surface area (Å²) in [6.07, 6.45) is 0. The predicted molar refractivity (Wildman–Crippen MR) is 121 cm³/mol. The summed E-state index contributed by atoms with van der Waals surface area (Å²) < 4.78 is 52.8. The molecule has 184 valence electrons. The van der Waals surface area contributed by atoms with Crippen molar-refractivity contribution in [2.45, 2.75) is 4.90 Å². The van der Waals surface area contributed by atoms with Crippen molar-refractivity contribution in [1.82, 2.24) is 4.31 Å². The first kappa shape index (κ1) is 25.3. The average Bonchev–Trinajstić information content (AvgIpc) is 2.87. The van der Waals surface area contributed by atoms with E-state index in [2.05, 4.69) is 5.32 Å². The number of hydrogen-bond acceptors (Lipinski definition) is 9. The van der Waals surface area contributed by atoms with Crippen LogP contribution in [0.2, 0.25) is 0 Å². The lowest BCUT2D eigenvalue weighted by molar-refractivity contribution is -0.119. The van der Waals surface area contributed by atoms with Gasteiger partial charge in [0.15, 0.2) is 18.1 Å². The predicted octanol–water partition coefficient (Wildman–Crippen LogP) is 1.53. The van der Waals surface area contributed by atoms with Crippen molar-refractivity contribution in [2.24, 2.45) is 0 Å². The van der Waals surface area contributed by atoms with Crippen LogP contribution in [0.25, 0.3) is 0 Å². The molecule has 0 bridgehead atoms. The average molecular weight is 495 g/mol. The fourth-order valence-corrected chi connectivity index (χ4v) is 4.72. The SMILES string of the molecule is COc1cc(OC)c(C(=O)OCC(=O)Nc2cccc(S(=O)(=O)N3CCOCC3)c2)cc1OC. The zero-order valence-corrected chi connectivity index (χ0v) is 19.8. The van der Waals surface area contributed by atoms with Gasteiger partial charge < -0.3 is 29.0 Å². The smallest absolute Gasteiger partial charge is 0.342 e. The third-order valence-corrected chi connectivity index (χ3v) is 6.88. The Hall–Kier alpha value is -3.35. The molecule has 34 heavy (non-hydrogen) atoms. The molecule has 0 atom stereocenters. The molecule has 11 nitrogen and oxygen atoms in total. The minimum absolute atomic E-state index is 0.0410. The highest BCUT2D eigenvalue weighted by Gasteiger charge is 2.26. The number of carbonyl (C=O) groups is 2. The number of sulfonamides is 1. The van der Waals surface area contributed by atoms with E-state index in [1.54, 1.807) is 0 Å². The summed E-state index contributed by atoms with van der Waals surface area (Å²) in [4.78, 5) is 24.9. The molecule has 1 N–H and O–H groups in total. The molecule has 1 heterocycles. The molecule has 0 radical (unpaired) electrons. The minimum atomic E-state index is -3.72. The molecule has 2 aromatic carbocycles. The Balaban J connectivity index is 1.66. The van der Waals surface area contributed by atoms with Crippen LogP contribution in [0.15, 0.2) is 41.3 Å². The van der Waals surface area contributed by atoms with Crippen molar-refractivity contribution >= 4 is 27.6 Å². The van der Waals surface area contributed by atoms with E-state index in [0.717, 1.165) is 0 Å². The van der Waals surface area contributed by atoms with Crippen LogP contribution in [0, 0.1) is 0 Å². The quantitative estimate of drug-likeness (QED) is 0.516. The van der Waals surface area contributed by atoms with Crippen LogP contribution in [0.3, 0.4) is 0 Å². The number of anilines is 1. The maximum Gasteiger partial charge on any atom is 0.342 e. The van der Waals surface area contributed by atoms with Gasteiger partial charge in [-0.05, 0) is 18.2 Å². The van der Waals surface area contributed by atoms with Gasteiger partial charge in [-0.15, -0.1) is 0 Å². The molecule has 0 aliphatic carbocycles. The number of nitrogens with one attached hydrogen (secondary N) is 1. The number of carbonyl (C=O) groups excluding carboxylic acids is 2. The first-order chi connectivity index (χ1) is 16.3. The highest BCUT2D eigenvalue weighted by Crippen LogP contribution is 2.35. The fourth-order valence-electron chi connectivity index (χ4n) is 3.26. The van der Waals surface area contributed by atoms with Gasteiger partial charge in [-0.25, -0.2) is 13.2 Å².